The predicted molar refractivity (Wildman–Crippen MR) is 453 cm³/mol. The SMILES string of the molecule is CCCCCCCCCCCCCCCC(=O)OCC1OC(OC2C(OC(=O)CCCCCCCCCCCCCCC)C(O)C(O)C(OC3OC(CO)C(O)C(O)C3O)C2OP(=O)(O)OCC(COC(=O)CCCCCCCCC(C)CCCCCCCC)OC(=O)CCCCCCCCC(C)CCCCCCCC)C(O)C(O)C1O. The molecule has 26 heteroatoms. The smallest absolute Gasteiger partial charge is 0.463 e. The van der Waals surface area contributed by atoms with Crippen LogP contribution in [0.2, 0.25) is 0 Å². The standard InChI is InChI=1S/C91H171O25P/c1-7-11-15-19-23-25-27-29-31-33-35-45-54-62-75(94)108-68-73-79(98)81(100)85(104)91(112-73)115-88-86(113-77(96)64-56-47-36-34-32-30-28-26-24-20-16-12-8-2)82(101)83(102)87(114-90-84(103)80(99)78(97)72(65-92)111-90)89(88)116-117(105,106)109-67-71(110-76(95)63-55-48-40-38-44-52-60-70(6)58-50-42-22-18-14-10-4)66-107-74(93)61-53-46-39-37-43-51-59-69(5)57-49-41-21-17-13-9-3/h69-73,78-92,97-104H,7-68H2,1-6H3,(H,105,106). The van der Waals surface area contributed by atoms with Gasteiger partial charge in [0.25, 0.3) is 0 Å². The van der Waals surface area contributed by atoms with Crippen molar-refractivity contribution in [2.45, 2.75) is 518 Å². The molecule has 20 atom stereocenters. The third-order valence-electron chi connectivity index (χ3n) is 23.9. The molecule has 2 heterocycles. The Morgan fingerprint density at radius 2 is 0.641 bits per heavy atom. The first-order valence-corrected chi connectivity index (χ1v) is 49.0. The van der Waals surface area contributed by atoms with Crippen molar-refractivity contribution in [1.82, 2.24) is 0 Å². The first-order chi connectivity index (χ1) is 56.5. The number of hydrogen-bond donors (Lipinski definition) is 10. The minimum absolute atomic E-state index is 0.0189. The minimum Gasteiger partial charge on any atom is -0.463 e. The van der Waals surface area contributed by atoms with Crippen molar-refractivity contribution in [3.8, 4) is 0 Å². The summed E-state index contributed by atoms with van der Waals surface area (Å²) in [5.74, 6) is -1.59. The zero-order valence-corrected chi connectivity index (χ0v) is 74.7. The van der Waals surface area contributed by atoms with Gasteiger partial charge in [0.15, 0.2) is 24.8 Å². The van der Waals surface area contributed by atoms with E-state index in [1.807, 2.05) is 0 Å². The Morgan fingerprint density at radius 1 is 0.333 bits per heavy atom. The molecule has 0 aromatic rings. The molecular formula is C91H171O25P. The fourth-order valence-corrected chi connectivity index (χ4v) is 17.1. The van der Waals surface area contributed by atoms with Gasteiger partial charge in [0.2, 0.25) is 0 Å². The van der Waals surface area contributed by atoms with E-state index in [4.69, 9.17) is 46.9 Å². The molecule has 0 bridgehead atoms. The first-order valence-electron chi connectivity index (χ1n) is 47.6. The summed E-state index contributed by atoms with van der Waals surface area (Å²) in [6.07, 6.45) is 22.5. The molecule has 0 aromatic carbocycles. The average molecular weight is 1700 g/mol. The number of esters is 4. The van der Waals surface area contributed by atoms with Gasteiger partial charge in [-0.15, -0.1) is 0 Å². The van der Waals surface area contributed by atoms with Gasteiger partial charge in [0.1, 0.15) is 92.6 Å². The fraction of sp³-hybridized carbons (Fsp3) is 0.956. The quantitative estimate of drug-likeness (QED) is 0.0117. The van der Waals surface area contributed by atoms with Crippen LogP contribution < -0.4 is 0 Å². The molecule has 3 aliphatic rings. The lowest BCUT2D eigenvalue weighted by Crippen LogP contribution is -2.70. The van der Waals surface area contributed by atoms with Crippen LogP contribution in [0.3, 0.4) is 0 Å². The lowest BCUT2D eigenvalue weighted by Gasteiger charge is -2.50. The summed E-state index contributed by atoms with van der Waals surface area (Å²) in [6.45, 7) is 10.3. The van der Waals surface area contributed by atoms with Crippen LogP contribution >= 0.6 is 7.82 Å². The molecule has 2 aliphatic heterocycles. The van der Waals surface area contributed by atoms with Gasteiger partial charge in [0.05, 0.1) is 13.2 Å². The summed E-state index contributed by atoms with van der Waals surface area (Å²) < 4.78 is 73.5. The summed E-state index contributed by atoms with van der Waals surface area (Å²) in [5, 5.41) is 102. The van der Waals surface area contributed by atoms with Crippen molar-refractivity contribution < 1.29 is 122 Å². The number of aliphatic hydroxyl groups excluding tert-OH is 9. The molecule has 1 saturated carbocycles. The molecule has 0 radical (unpaired) electrons. The zero-order valence-electron chi connectivity index (χ0n) is 73.9. The second kappa shape index (κ2) is 68.8. The highest BCUT2D eigenvalue weighted by Crippen LogP contribution is 2.49. The topological polar surface area (TPSA) is 380 Å². The number of hydrogen-bond acceptors (Lipinski definition) is 24. The Morgan fingerprint density at radius 3 is 1.02 bits per heavy atom. The van der Waals surface area contributed by atoms with E-state index in [0.717, 1.165) is 128 Å². The fourth-order valence-electron chi connectivity index (χ4n) is 16.2. The van der Waals surface area contributed by atoms with Gasteiger partial charge >= 0.3 is 31.7 Å². The number of carbonyl (C=O) groups excluding carboxylic acids is 4. The molecule has 0 spiro atoms. The second-order valence-electron chi connectivity index (χ2n) is 34.8. The Bertz CT molecular complexity index is 2470. The third-order valence-corrected chi connectivity index (χ3v) is 24.9. The van der Waals surface area contributed by atoms with Crippen molar-refractivity contribution in [3.63, 3.8) is 0 Å². The van der Waals surface area contributed by atoms with Crippen LogP contribution in [0.25, 0.3) is 0 Å². The lowest BCUT2D eigenvalue weighted by molar-refractivity contribution is -0.360. The van der Waals surface area contributed by atoms with Crippen molar-refractivity contribution in [3.05, 3.63) is 0 Å². The molecular weight excluding hydrogens is 1520 g/mol. The van der Waals surface area contributed by atoms with Crippen LogP contribution in [0.4, 0.5) is 0 Å². The van der Waals surface area contributed by atoms with E-state index >= 15 is 0 Å². The Balaban J connectivity index is 1.93. The third kappa shape index (κ3) is 49.7. The summed E-state index contributed by atoms with van der Waals surface area (Å²) in [7, 11) is -5.81. The molecule has 3 rings (SSSR count). The maximum Gasteiger partial charge on any atom is 0.472 e. The van der Waals surface area contributed by atoms with Crippen LogP contribution in [-0.2, 0) is 70.7 Å². The Labute approximate surface area is 706 Å². The number of rotatable bonds is 76. The highest BCUT2D eigenvalue weighted by molar-refractivity contribution is 7.47. The van der Waals surface area contributed by atoms with Crippen LogP contribution in [0, 0.1) is 11.8 Å². The maximum atomic E-state index is 14.9. The summed E-state index contributed by atoms with van der Waals surface area (Å²) in [5.41, 5.74) is 0. The highest BCUT2D eigenvalue weighted by atomic mass is 31.2. The second-order valence-corrected chi connectivity index (χ2v) is 36.2. The first kappa shape index (κ1) is 109. The Kier molecular flexibility index (Phi) is 63.9. The lowest BCUT2D eigenvalue weighted by atomic mass is 9.84. The molecule has 25 nitrogen and oxygen atoms in total. The summed E-state index contributed by atoms with van der Waals surface area (Å²) in [6, 6.07) is 0. The summed E-state index contributed by atoms with van der Waals surface area (Å²) >= 11 is 0. The van der Waals surface area contributed by atoms with Crippen molar-refractivity contribution in [1.29, 1.82) is 0 Å². The number of unbranched alkanes of at least 4 members (excludes halogenated alkanes) is 44. The number of aliphatic hydroxyl groups is 9. The van der Waals surface area contributed by atoms with Gasteiger partial charge < -0.3 is 88.7 Å². The van der Waals surface area contributed by atoms with Crippen LogP contribution in [-0.4, -0.2) is 205 Å². The molecule has 690 valence electrons. The van der Waals surface area contributed by atoms with E-state index in [1.54, 1.807) is 0 Å². The van der Waals surface area contributed by atoms with E-state index < -0.39 is 162 Å². The Hall–Kier alpha value is -2.53. The van der Waals surface area contributed by atoms with E-state index in [9.17, 15) is 74.6 Å². The van der Waals surface area contributed by atoms with E-state index in [-0.39, 0.29) is 25.7 Å². The van der Waals surface area contributed by atoms with E-state index in [1.165, 1.54) is 186 Å². The minimum atomic E-state index is -5.81. The van der Waals surface area contributed by atoms with Gasteiger partial charge in [-0.25, -0.2) is 4.57 Å². The largest absolute Gasteiger partial charge is 0.472 e. The van der Waals surface area contributed by atoms with Crippen molar-refractivity contribution in [2.24, 2.45) is 11.8 Å². The molecule has 20 unspecified atom stereocenters. The number of phosphoric ester groups is 1. The van der Waals surface area contributed by atoms with Crippen molar-refractivity contribution >= 4 is 31.7 Å². The summed E-state index contributed by atoms with van der Waals surface area (Å²) in [4.78, 5) is 66.6. The molecule has 1 aliphatic carbocycles. The van der Waals surface area contributed by atoms with Gasteiger partial charge in [-0.2, -0.15) is 0 Å². The molecule has 3 fully saturated rings. The highest BCUT2D eigenvalue weighted by Gasteiger charge is 2.60. The van der Waals surface area contributed by atoms with Crippen LogP contribution in [0.1, 0.15) is 414 Å². The molecule has 0 amide bonds. The monoisotopic (exact) mass is 1700 g/mol. The predicted octanol–water partition coefficient (Wildman–Crippen LogP) is 17.5. The molecule has 0 aromatic heterocycles. The van der Waals surface area contributed by atoms with Crippen molar-refractivity contribution in [2.75, 3.05) is 26.4 Å². The van der Waals surface area contributed by atoms with Gasteiger partial charge in [-0.3, -0.25) is 28.2 Å². The normalized spacial score (nSPS) is 25.5. The molecule has 10 N–H and O–H groups in total. The average Bonchev–Trinajstić information content (AvgIpc) is 0.753. The molecule has 2 saturated heterocycles. The van der Waals surface area contributed by atoms with Gasteiger partial charge in [0, 0.05) is 25.7 Å². The zero-order chi connectivity index (χ0) is 85.7. The van der Waals surface area contributed by atoms with Crippen LogP contribution in [0.15, 0.2) is 0 Å². The number of ether oxygens (including phenoxy) is 8. The van der Waals surface area contributed by atoms with Crippen LogP contribution in [0.5, 0.6) is 0 Å². The van der Waals surface area contributed by atoms with E-state index in [0.29, 0.717) is 43.9 Å². The molecule has 117 heavy (non-hydrogen) atoms. The van der Waals surface area contributed by atoms with E-state index in [2.05, 4.69) is 41.5 Å². The van der Waals surface area contributed by atoms with Gasteiger partial charge in [-0.1, -0.05) is 363 Å². The number of phosphoric acid groups is 1. The maximum absolute atomic E-state index is 14.9. The number of carbonyl (C=O) groups is 4. The van der Waals surface area contributed by atoms with Gasteiger partial charge in [-0.05, 0) is 37.5 Å².